The summed E-state index contributed by atoms with van der Waals surface area (Å²) in [7, 11) is 0. The number of hydrogen-bond donors (Lipinski definition) is 2. The van der Waals surface area contributed by atoms with Crippen molar-refractivity contribution in [1.29, 1.82) is 0 Å². The molecular formula is C12H19BrN2O2S. The Hall–Kier alpha value is -0.430. The second-order valence-electron chi connectivity index (χ2n) is 3.92. The summed E-state index contributed by atoms with van der Waals surface area (Å²) in [6.45, 7) is 7.72. The van der Waals surface area contributed by atoms with Crippen molar-refractivity contribution in [1.82, 2.24) is 10.2 Å². The normalized spacial score (nSPS) is 12.9. The van der Waals surface area contributed by atoms with Crippen molar-refractivity contribution >= 4 is 33.2 Å². The maximum absolute atomic E-state index is 11.2. The lowest BCUT2D eigenvalue weighted by Crippen LogP contribution is -2.36. The molecule has 0 radical (unpaired) electrons. The van der Waals surface area contributed by atoms with Gasteiger partial charge in [0.15, 0.2) is 0 Å². The summed E-state index contributed by atoms with van der Waals surface area (Å²) in [6.07, 6.45) is 0. The highest BCUT2D eigenvalue weighted by molar-refractivity contribution is 9.10. The number of aliphatic carboxylic acids is 1. The van der Waals surface area contributed by atoms with Crippen LogP contribution in [0.4, 0.5) is 0 Å². The molecule has 1 unspecified atom stereocenters. The van der Waals surface area contributed by atoms with E-state index in [9.17, 15) is 9.90 Å². The minimum atomic E-state index is -0.830. The van der Waals surface area contributed by atoms with Crippen LogP contribution in [0.2, 0.25) is 0 Å². The highest BCUT2D eigenvalue weighted by Gasteiger charge is 2.20. The molecule has 0 aromatic carbocycles. The first-order valence-corrected chi connectivity index (χ1v) is 7.68. The van der Waals surface area contributed by atoms with E-state index in [2.05, 4.69) is 40.0 Å². The Bertz CT molecular complexity index is 380. The molecule has 0 aliphatic carbocycles. The Labute approximate surface area is 120 Å². The fourth-order valence-electron chi connectivity index (χ4n) is 1.70. The summed E-state index contributed by atoms with van der Waals surface area (Å²) in [6, 6.07) is 1.24. The van der Waals surface area contributed by atoms with Crippen molar-refractivity contribution in [2.24, 2.45) is 0 Å². The molecule has 102 valence electrons. The number of nitrogens with zero attached hydrogens (tertiary/aromatic N) is 1. The van der Waals surface area contributed by atoms with Crippen LogP contribution >= 0.6 is 27.3 Å². The first-order valence-electron chi connectivity index (χ1n) is 6.01. The number of hydrogen-bond acceptors (Lipinski definition) is 4. The Morgan fingerprint density at radius 2 is 2.22 bits per heavy atom. The summed E-state index contributed by atoms with van der Waals surface area (Å²) in [5.41, 5.74) is 0. The molecule has 1 aromatic heterocycles. The van der Waals surface area contributed by atoms with Gasteiger partial charge in [-0.3, -0.25) is 10.1 Å². The van der Waals surface area contributed by atoms with E-state index in [0.717, 1.165) is 29.0 Å². The standard InChI is InChI=1S/C12H19BrN2O2S/c1-3-15(4-2)6-5-14-11(12(16)17)10-7-9(13)8-18-10/h7-8,11,14H,3-6H2,1-2H3,(H,16,17). The van der Waals surface area contributed by atoms with Gasteiger partial charge in [-0.1, -0.05) is 13.8 Å². The second-order valence-corrected chi connectivity index (χ2v) is 5.78. The molecule has 1 atom stereocenters. The van der Waals surface area contributed by atoms with Crippen molar-refractivity contribution in [3.05, 3.63) is 20.8 Å². The zero-order valence-electron chi connectivity index (χ0n) is 10.6. The van der Waals surface area contributed by atoms with E-state index >= 15 is 0 Å². The minimum Gasteiger partial charge on any atom is -0.480 e. The summed E-state index contributed by atoms with van der Waals surface area (Å²) in [5, 5.41) is 14.2. The minimum absolute atomic E-state index is 0.614. The molecule has 0 saturated heterocycles. The molecule has 6 heteroatoms. The van der Waals surface area contributed by atoms with Crippen LogP contribution in [0.3, 0.4) is 0 Å². The second kappa shape index (κ2) is 7.89. The van der Waals surface area contributed by atoms with E-state index in [-0.39, 0.29) is 0 Å². The van der Waals surface area contributed by atoms with Crippen LogP contribution in [-0.2, 0) is 4.79 Å². The highest BCUT2D eigenvalue weighted by atomic mass is 79.9. The van der Waals surface area contributed by atoms with E-state index in [1.54, 1.807) is 0 Å². The summed E-state index contributed by atoms with van der Waals surface area (Å²) >= 11 is 4.80. The first kappa shape index (κ1) is 15.6. The zero-order valence-corrected chi connectivity index (χ0v) is 13.1. The quantitative estimate of drug-likeness (QED) is 0.767. The molecule has 0 saturated carbocycles. The third kappa shape index (κ3) is 4.68. The molecule has 2 N–H and O–H groups in total. The van der Waals surface area contributed by atoms with E-state index < -0.39 is 12.0 Å². The topological polar surface area (TPSA) is 52.6 Å². The lowest BCUT2D eigenvalue weighted by atomic mass is 10.2. The molecule has 0 aliphatic rings. The predicted molar refractivity (Wildman–Crippen MR) is 78.2 cm³/mol. The largest absolute Gasteiger partial charge is 0.480 e. The average Bonchev–Trinajstić information content (AvgIpc) is 2.75. The van der Waals surface area contributed by atoms with Crippen molar-refractivity contribution in [2.75, 3.05) is 26.2 Å². The van der Waals surface area contributed by atoms with Gasteiger partial charge in [0, 0.05) is 27.8 Å². The summed E-state index contributed by atoms with van der Waals surface area (Å²) in [4.78, 5) is 14.3. The van der Waals surface area contributed by atoms with Gasteiger partial charge in [0.2, 0.25) is 0 Å². The van der Waals surface area contributed by atoms with Gasteiger partial charge >= 0.3 is 5.97 Å². The molecule has 0 fully saturated rings. The lowest BCUT2D eigenvalue weighted by molar-refractivity contribution is -0.139. The molecular weight excluding hydrogens is 316 g/mol. The Morgan fingerprint density at radius 3 is 2.67 bits per heavy atom. The molecule has 0 bridgehead atoms. The number of carbonyl (C=O) groups is 1. The molecule has 18 heavy (non-hydrogen) atoms. The van der Waals surface area contributed by atoms with Crippen molar-refractivity contribution < 1.29 is 9.90 Å². The van der Waals surface area contributed by atoms with Crippen LogP contribution < -0.4 is 5.32 Å². The van der Waals surface area contributed by atoms with Gasteiger partial charge < -0.3 is 10.0 Å². The average molecular weight is 335 g/mol. The van der Waals surface area contributed by atoms with Gasteiger partial charge in [-0.2, -0.15) is 0 Å². The van der Waals surface area contributed by atoms with E-state index in [1.807, 2.05) is 11.4 Å². The van der Waals surface area contributed by atoms with Gasteiger partial charge in [-0.25, -0.2) is 0 Å². The van der Waals surface area contributed by atoms with Gasteiger partial charge in [0.25, 0.3) is 0 Å². The number of likely N-dealkylation sites (N-methyl/N-ethyl adjacent to an activating group) is 1. The Balaban J connectivity index is 2.52. The first-order chi connectivity index (χ1) is 8.58. The maximum atomic E-state index is 11.2. The lowest BCUT2D eigenvalue weighted by Gasteiger charge is -2.20. The van der Waals surface area contributed by atoms with E-state index in [1.165, 1.54) is 11.3 Å². The van der Waals surface area contributed by atoms with Gasteiger partial charge in [-0.15, -0.1) is 11.3 Å². The maximum Gasteiger partial charge on any atom is 0.326 e. The van der Waals surface area contributed by atoms with Crippen LogP contribution in [0.15, 0.2) is 15.9 Å². The summed E-state index contributed by atoms with van der Waals surface area (Å²) in [5.74, 6) is -0.830. The summed E-state index contributed by atoms with van der Waals surface area (Å²) < 4.78 is 0.930. The smallest absolute Gasteiger partial charge is 0.326 e. The number of nitrogens with one attached hydrogen (secondary N) is 1. The number of carboxylic acids is 1. The SMILES string of the molecule is CCN(CC)CCNC(C(=O)O)c1cc(Br)cs1. The fraction of sp³-hybridized carbons (Fsp3) is 0.583. The third-order valence-corrected chi connectivity index (χ3v) is 4.55. The number of rotatable bonds is 8. The number of thiophene rings is 1. The predicted octanol–water partition coefficient (Wildman–Crippen LogP) is 2.57. The Kier molecular flexibility index (Phi) is 6.85. The van der Waals surface area contributed by atoms with E-state index in [0.29, 0.717) is 6.54 Å². The van der Waals surface area contributed by atoms with Crippen molar-refractivity contribution in [2.45, 2.75) is 19.9 Å². The molecule has 1 heterocycles. The molecule has 0 spiro atoms. The van der Waals surface area contributed by atoms with Crippen molar-refractivity contribution in [3.8, 4) is 0 Å². The third-order valence-electron chi connectivity index (χ3n) is 2.79. The van der Waals surface area contributed by atoms with Crippen LogP contribution in [-0.4, -0.2) is 42.2 Å². The molecule has 1 rings (SSSR count). The van der Waals surface area contributed by atoms with Gasteiger partial charge in [0.1, 0.15) is 6.04 Å². The van der Waals surface area contributed by atoms with Crippen LogP contribution in [0.25, 0.3) is 0 Å². The molecule has 1 aromatic rings. The molecule has 0 amide bonds. The fourth-order valence-corrected chi connectivity index (χ4v) is 3.21. The molecule has 0 aliphatic heterocycles. The van der Waals surface area contributed by atoms with Crippen LogP contribution in [0, 0.1) is 0 Å². The van der Waals surface area contributed by atoms with Crippen molar-refractivity contribution in [3.63, 3.8) is 0 Å². The van der Waals surface area contributed by atoms with Gasteiger partial charge in [0.05, 0.1) is 0 Å². The number of halogens is 1. The monoisotopic (exact) mass is 334 g/mol. The number of carboxylic acid groups (broad SMARTS) is 1. The highest BCUT2D eigenvalue weighted by Crippen LogP contribution is 2.25. The van der Waals surface area contributed by atoms with E-state index in [4.69, 9.17) is 0 Å². The molecule has 4 nitrogen and oxygen atoms in total. The van der Waals surface area contributed by atoms with Crippen LogP contribution in [0.5, 0.6) is 0 Å². The van der Waals surface area contributed by atoms with Gasteiger partial charge in [-0.05, 0) is 35.1 Å². The Morgan fingerprint density at radius 1 is 1.56 bits per heavy atom. The zero-order chi connectivity index (χ0) is 13.5. The van der Waals surface area contributed by atoms with Crippen LogP contribution in [0.1, 0.15) is 24.8 Å².